The van der Waals surface area contributed by atoms with Gasteiger partial charge in [0.05, 0.1) is 5.56 Å². The van der Waals surface area contributed by atoms with Crippen LogP contribution in [0.2, 0.25) is 5.02 Å². The van der Waals surface area contributed by atoms with Gasteiger partial charge in [-0.2, -0.15) is 0 Å². The van der Waals surface area contributed by atoms with Crippen LogP contribution in [0.5, 0.6) is 0 Å². The van der Waals surface area contributed by atoms with Crippen molar-refractivity contribution in [3.05, 3.63) is 35.0 Å². The molecule has 5 heteroatoms. The molecule has 1 heterocycles. The Bertz CT molecular complexity index is 619. The van der Waals surface area contributed by atoms with Crippen molar-refractivity contribution in [2.24, 2.45) is 0 Å². The van der Waals surface area contributed by atoms with E-state index in [9.17, 15) is 9.59 Å². The molecule has 0 saturated carbocycles. The van der Waals surface area contributed by atoms with Crippen LogP contribution in [0.15, 0.2) is 24.4 Å². The molecule has 0 aliphatic carbocycles. The second-order valence-electron chi connectivity index (χ2n) is 4.33. The van der Waals surface area contributed by atoms with E-state index in [-0.39, 0.29) is 0 Å². The standard InChI is InChI=1S/C14H15ClN2O2/c1-2-3-6-16-14(19)13(18)11-8-17-12-5-4-9(15)7-10(11)12/h4-5,7-8,17H,2-3,6H2,1H3,(H,16,19). The Morgan fingerprint density at radius 3 is 2.89 bits per heavy atom. The van der Waals surface area contributed by atoms with Crippen LogP contribution in [0.25, 0.3) is 10.9 Å². The number of benzene rings is 1. The maximum Gasteiger partial charge on any atom is 0.292 e. The number of fused-ring (bicyclic) bond motifs is 1. The summed E-state index contributed by atoms with van der Waals surface area (Å²) < 4.78 is 0. The number of hydrogen-bond donors (Lipinski definition) is 2. The normalized spacial score (nSPS) is 10.6. The number of hydrogen-bond acceptors (Lipinski definition) is 2. The van der Waals surface area contributed by atoms with Gasteiger partial charge in [0.2, 0.25) is 0 Å². The van der Waals surface area contributed by atoms with Crippen molar-refractivity contribution in [1.82, 2.24) is 10.3 Å². The van der Waals surface area contributed by atoms with Crippen molar-refractivity contribution in [2.45, 2.75) is 19.8 Å². The molecule has 0 bridgehead atoms. The summed E-state index contributed by atoms with van der Waals surface area (Å²) >= 11 is 5.91. The molecule has 0 aliphatic rings. The zero-order valence-electron chi connectivity index (χ0n) is 10.6. The van der Waals surface area contributed by atoms with Crippen LogP contribution in [0.4, 0.5) is 0 Å². The molecular weight excluding hydrogens is 264 g/mol. The zero-order valence-corrected chi connectivity index (χ0v) is 11.4. The first-order chi connectivity index (χ1) is 9.13. The molecule has 100 valence electrons. The smallest absolute Gasteiger partial charge is 0.292 e. The fourth-order valence-corrected chi connectivity index (χ4v) is 2.03. The first-order valence-electron chi connectivity index (χ1n) is 6.22. The topological polar surface area (TPSA) is 62.0 Å². The summed E-state index contributed by atoms with van der Waals surface area (Å²) in [6.07, 6.45) is 3.37. The molecular formula is C14H15ClN2O2. The first kappa shape index (κ1) is 13.6. The Balaban J connectivity index is 2.21. The third-order valence-corrected chi connectivity index (χ3v) is 3.15. The Kier molecular flexibility index (Phi) is 4.22. The predicted molar refractivity (Wildman–Crippen MR) is 75.6 cm³/mol. The Hall–Kier alpha value is -1.81. The monoisotopic (exact) mass is 278 g/mol. The van der Waals surface area contributed by atoms with E-state index in [2.05, 4.69) is 10.3 Å². The van der Waals surface area contributed by atoms with Crippen LogP contribution in [-0.4, -0.2) is 23.2 Å². The molecule has 19 heavy (non-hydrogen) atoms. The highest BCUT2D eigenvalue weighted by Gasteiger charge is 2.19. The lowest BCUT2D eigenvalue weighted by molar-refractivity contribution is -0.117. The van der Waals surface area contributed by atoms with Crippen molar-refractivity contribution in [1.29, 1.82) is 0 Å². The summed E-state index contributed by atoms with van der Waals surface area (Å²) in [5.74, 6) is -1.11. The fraction of sp³-hybridized carbons (Fsp3) is 0.286. The highest BCUT2D eigenvalue weighted by Crippen LogP contribution is 2.22. The molecule has 0 spiro atoms. The summed E-state index contributed by atoms with van der Waals surface area (Å²) in [5, 5.41) is 3.82. The summed E-state index contributed by atoms with van der Waals surface area (Å²) in [6, 6.07) is 5.19. The van der Waals surface area contributed by atoms with Crippen LogP contribution in [0.1, 0.15) is 30.1 Å². The third kappa shape index (κ3) is 2.96. The van der Waals surface area contributed by atoms with Crippen LogP contribution < -0.4 is 5.32 Å². The molecule has 0 radical (unpaired) electrons. The van der Waals surface area contributed by atoms with E-state index >= 15 is 0 Å². The summed E-state index contributed by atoms with van der Waals surface area (Å²) in [6.45, 7) is 2.54. The molecule has 1 aromatic carbocycles. The SMILES string of the molecule is CCCCNC(=O)C(=O)c1c[nH]c2ccc(Cl)cc12. The van der Waals surface area contributed by atoms with Crippen molar-refractivity contribution in [2.75, 3.05) is 6.54 Å². The number of unbranched alkanes of at least 4 members (excludes halogenated alkanes) is 1. The lowest BCUT2D eigenvalue weighted by Crippen LogP contribution is -2.31. The van der Waals surface area contributed by atoms with Crippen molar-refractivity contribution in [3.8, 4) is 0 Å². The summed E-state index contributed by atoms with van der Waals surface area (Å²) in [4.78, 5) is 26.7. The van der Waals surface area contributed by atoms with Gasteiger partial charge in [-0.1, -0.05) is 24.9 Å². The van der Waals surface area contributed by atoms with E-state index in [0.29, 0.717) is 22.5 Å². The largest absolute Gasteiger partial charge is 0.360 e. The number of halogens is 1. The van der Waals surface area contributed by atoms with Gasteiger partial charge in [0.25, 0.3) is 11.7 Å². The second kappa shape index (κ2) is 5.89. The minimum Gasteiger partial charge on any atom is -0.360 e. The minimum atomic E-state index is -0.575. The molecule has 0 atom stereocenters. The van der Waals surface area contributed by atoms with Crippen LogP contribution in [0.3, 0.4) is 0 Å². The average Bonchev–Trinajstić information content (AvgIpc) is 2.80. The highest BCUT2D eigenvalue weighted by atomic mass is 35.5. The maximum atomic E-state index is 12.1. The Labute approximate surface area is 116 Å². The molecule has 0 unspecified atom stereocenters. The van der Waals surface area contributed by atoms with Gasteiger partial charge >= 0.3 is 0 Å². The number of aromatic nitrogens is 1. The number of H-pyrrole nitrogens is 1. The van der Waals surface area contributed by atoms with Crippen molar-refractivity contribution >= 4 is 34.2 Å². The lowest BCUT2D eigenvalue weighted by atomic mass is 10.1. The van der Waals surface area contributed by atoms with Gasteiger partial charge < -0.3 is 10.3 Å². The lowest BCUT2D eigenvalue weighted by Gasteiger charge is -2.02. The molecule has 1 aromatic heterocycles. The van der Waals surface area contributed by atoms with Gasteiger partial charge in [-0.3, -0.25) is 9.59 Å². The van der Waals surface area contributed by atoms with Gasteiger partial charge in [-0.05, 0) is 24.6 Å². The first-order valence-corrected chi connectivity index (χ1v) is 6.60. The second-order valence-corrected chi connectivity index (χ2v) is 4.77. The van der Waals surface area contributed by atoms with E-state index < -0.39 is 11.7 Å². The van der Waals surface area contributed by atoms with Gasteiger partial charge in [-0.25, -0.2) is 0 Å². The van der Waals surface area contributed by atoms with Gasteiger partial charge in [0, 0.05) is 28.7 Å². The molecule has 2 N–H and O–H groups in total. The number of carbonyl (C=O) groups excluding carboxylic acids is 2. The van der Waals surface area contributed by atoms with E-state index in [4.69, 9.17) is 11.6 Å². The van der Waals surface area contributed by atoms with Gasteiger partial charge in [0.1, 0.15) is 0 Å². The Morgan fingerprint density at radius 1 is 1.37 bits per heavy atom. The summed E-state index contributed by atoms with van der Waals surface area (Å²) in [5.41, 5.74) is 1.14. The van der Waals surface area contributed by atoms with E-state index in [1.807, 2.05) is 6.92 Å². The minimum absolute atomic E-state index is 0.353. The molecule has 2 aromatic rings. The molecule has 0 fully saturated rings. The number of nitrogens with one attached hydrogen (secondary N) is 2. The number of amides is 1. The maximum absolute atomic E-state index is 12.1. The molecule has 2 rings (SSSR count). The van der Waals surface area contributed by atoms with E-state index in [0.717, 1.165) is 18.4 Å². The highest BCUT2D eigenvalue weighted by molar-refractivity contribution is 6.45. The van der Waals surface area contributed by atoms with E-state index in [1.54, 1.807) is 24.4 Å². The molecule has 4 nitrogen and oxygen atoms in total. The van der Waals surface area contributed by atoms with Gasteiger partial charge in [0.15, 0.2) is 0 Å². The fourth-order valence-electron chi connectivity index (χ4n) is 1.86. The molecule has 1 amide bonds. The number of rotatable bonds is 5. The predicted octanol–water partition coefficient (Wildman–Crippen LogP) is 2.92. The number of ketones is 1. The Morgan fingerprint density at radius 2 is 2.16 bits per heavy atom. The van der Waals surface area contributed by atoms with Crippen LogP contribution >= 0.6 is 11.6 Å². The van der Waals surface area contributed by atoms with Crippen molar-refractivity contribution < 1.29 is 9.59 Å². The number of aromatic amines is 1. The van der Waals surface area contributed by atoms with E-state index in [1.165, 1.54) is 0 Å². The summed E-state index contributed by atoms with van der Waals surface area (Å²) in [7, 11) is 0. The van der Waals surface area contributed by atoms with Crippen molar-refractivity contribution in [3.63, 3.8) is 0 Å². The number of carbonyl (C=O) groups is 2. The number of Topliss-reactive ketones (excluding diaryl/α,β-unsaturated/α-hetero) is 1. The zero-order chi connectivity index (χ0) is 13.8. The van der Waals surface area contributed by atoms with Crippen LogP contribution in [0, 0.1) is 0 Å². The molecule has 0 saturated heterocycles. The average molecular weight is 279 g/mol. The molecule has 0 aliphatic heterocycles. The van der Waals surface area contributed by atoms with Crippen LogP contribution in [-0.2, 0) is 4.79 Å². The third-order valence-electron chi connectivity index (χ3n) is 2.91. The quantitative estimate of drug-likeness (QED) is 0.502. The van der Waals surface area contributed by atoms with Gasteiger partial charge in [-0.15, -0.1) is 0 Å².